The molecule has 0 atom stereocenters. The Morgan fingerprint density at radius 1 is 1.67 bits per heavy atom. The number of nitrogens with zero attached hydrogens (tertiary/aromatic N) is 3. The van der Waals surface area contributed by atoms with Gasteiger partial charge in [-0.3, -0.25) is 0 Å². The van der Waals surface area contributed by atoms with Crippen molar-refractivity contribution in [2.24, 2.45) is 0 Å². The van der Waals surface area contributed by atoms with Gasteiger partial charge in [0.1, 0.15) is 6.33 Å². The molecule has 0 radical (unpaired) electrons. The van der Waals surface area contributed by atoms with Crippen LogP contribution in [0, 0.1) is 0 Å². The second-order valence-electron chi connectivity index (χ2n) is 2.61. The van der Waals surface area contributed by atoms with Crippen molar-refractivity contribution in [1.29, 1.82) is 0 Å². The van der Waals surface area contributed by atoms with E-state index >= 15 is 0 Å². The van der Waals surface area contributed by atoms with Gasteiger partial charge in [0.25, 0.3) is 0 Å². The highest BCUT2D eigenvalue weighted by atomic mass is 16.5. The van der Waals surface area contributed by atoms with E-state index in [-0.39, 0.29) is 11.9 Å². The van der Waals surface area contributed by atoms with Crippen molar-refractivity contribution in [1.82, 2.24) is 14.8 Å². The molecule has 1 aromatic rings. The minimum absolute atomic E-state index is 0.113. The zero-order valence-corrected chi connectivity index (χ0v) is 7.31. The fraction of sp³-hybridized carbons (Fsp3) is 0.571. The topological polar surface area (TPSA) is 57.0 Å². The molecule has 66 valence electrons. The predicted molar refractivity (Wildman–Crippen MR) is 41.7 cm³/mol. The number of esters is 1. The van der Waals surface area contributed by atoms with Crippen molar-refractivity contribution in [3.63, 3.8) is 0 Å². The predicted octanol–water partition coefficient (Wildman–Crippen LogP) is 0.646. The molecule has 1 aromatic heterocycles. The van der Waals surface area contributed by atoms with Gasteiger partial charge < -0.3 is 4.74 Å². The normalized spacial score (nSPS) is 10.3. The van der Waals surface area contributed by atoms with Crippen LogP contribution in [-0.4, -0.2) is 27.8 Å². The molecule has 0 aliphatic rings. The van der Waals surface area contributed by atoms with E-state index in [2.05, 4.69) is 14.8 Å². The van der Waals surface area contributed by atoms with E-state index in [1.54, 1.807) is 0 Å². The first kappa shape index (κ1) is 8.70. The van der Waals surface area contributed by atoms with Crippen LogP contribution in [0.2, 0.25) is 0 Å². The number of hydrogen-bond donors (Lipinski definition) is 0. The summed E-state index contributed by atoms with van der Waals surface area (Å²) in [6.45, 7) is 3.84. The molecule has 12 heavy (non-hydrogen) atoms. The Balaban J connectivity index is 2.99. The number of hydrogen-bond acceptors (Lipinski definition) is 4. The van der Waals surface area contributed by atoms with Gasteiger partial charge in [-0.2, -0.15) is 5.10 Å². The fourth-order valence-corrected chi connectivity index (χ4v) is 0.865. The van der Waals surface area contributed by atoms with Gasteiger partial charge in [-0.1, -0.05) is 0 Å². The van der Waals surface area contributed by atoms with Crippen LogP contribution >= 0.6 is 0 Å². The number of aromatic nitrogens is 3. The average molecular weight is 169 g/mol. The number of carbonyl (C=O) groups excluding carboxylic acids is 1. The van der Waals surface area contributed by atoms with Gasteiger partial charge in [0.2, 0.25) is 5.82 Å². The zero-order chi connectivity index (χ0) is 9.14. The largest absolute Gasteiger partial charge is 0.463 e. The molecule has 1 rings (SSSR count). The van der Waals surface area contributed by atoms with Crippen molar-refractivity contribution in [2.45, 2.75) is 19.9 Å². The van der Waals surface area contributed by atoms with Gasteiger partial charge in [0.05, 0.1) is 7.11 Å². The van der Waals surface area contributed by atoms with Gasteiger partial charge in [-0.25, -0.2) is 14.5 Å². The van der Waals surface area contributed by atoms with Crippen LogP contribution in [0.4, 0.5) is 0 Å². The Hall–Kier alpha value is -1.39. The third-order valence-electron chi connectivity index (χ3n) is 1.43. The Labute approximate surface area is 70.4 Å². The molecule has 0 bridgehead atoms. The minimum atomic E-state index is -0.457. The smallest absolute Gasteiger partial charge is 0.375 e. The lowest BCUT2D eigenvalue weighted by Crippen LogP contribution is -2.14. The molecule has 0 N–H and O–H groups in total. The highest BCUT2D eigenvalue weighted by molar-refractivity contribution is 5.85. The summed E-state index contributed by atoms with van der Waals surface area (Å²) >= 11 is 0. The highest BCUT2D eigenvalue weighted by Crippen LogP contribution is 2.05. The summed E-state index contributed by atoms with van der Waals surface area (Å²) < 4.78 is 6.04. The molecule has 0 spiro atoms. The highest BCUT2D eigenvalue weighted by Gasteiger charge is 2.15. The van der Waals surface area contributed by atoms with Crippen LogP contribution in [-0.2, 0) is 4.74 Å². The summed E-state index contributed by atoms with van der Waals surface area (Å²) in [5, 5.41) is 3.89. The summed E-state index contributed by atoms with van der Waals surface area (Å²) in [7, 11) is 1.32. The summed E-state index contributed by atoms with van der Waals surface area (Å²) in [6, 6.07) is 0.113. The van der Waals surface area contributed by atoms with Gasteiger partial charge in [-0.15, -0.1) is 0 Å². The summed E-state index contributed by atoms with van der Waals surface area (Å²) in [5.74, 6) is -0.214. The van der Waals surface area contributed by atoms with E-state index in [0.717, 1.165) is 0 Å². The molecule has 0 amide bonds. The van der Waals surface area contributed by atoms with E-state index in [1.165, 1.54) is 18.1 Å². The first-order chi connectivity index (χ1) is 5.66. The first-order valence-corrected chi connectivity index (χ1v) is 3.64. The number of rotatable bonds is 2. The zero-order valence-electron chi connectivity index (χ0n) is 7.31. The van der Waals surface area contributed by atoms with Crippen LogP contribution in [0.5, 0.6) is 0 Å². The quantitative estimate of drug-likeness (QED) is 0.610. The summed E-state index contributed by atoms with van der Waals surface area (Å²) in [5.41, 5.74) is 0. The average Bonchev–Trinajstić information content (AvgIpc) is 2.50. The lowest BCUT2D eigenvalue weighted by Gasteiger charge is -2.06. The molecule has 0 aromatic carbocycles. The summed E-state index contributed by atoms with van der Waals surface area (Å²) in [6.07, 6.45) is 1.34. The first-order valence-electron chi connectivity index (χ1n) is 3.64. The Kier molecular flexibility index (Phi) is 2.42. The van der Waals surface area contributed by atoms with E-state index in [4.69, 9.17) is 0 Å². The molecule has 0 saturated heterocycles. The third kappa shape index (κ3) is 1.44. The Morgan fingerprint density at radius 3 is 2.83 bits per heavy atom. The standard InChI is InChI=1S/C7H11N3O2/c1-5(2)10-6(7(11)12-3)8-4-9-10/h4-5H,1-3H3. The molecule has 5 heteroatoms. The monoisotopic (exact) mass is 169 g/mol. The SMILES string of the molecule is COC(=O)c1ncnn1C(C)C. The Bertz CT molecular complexity index is 280. The van der Waals surface area contributed by atoms with E-state index < -0.39 is 5.97 Å². The van der Waals surface area contributed by atoms with Crippen molar-refractivity contribution < 1.29 is 9.53 Å². The van der Waals surface area contributed by atoms with E-state index in [1.807, 2.05) is 13.8 Å². The van der Waals surface area contributed by atoms with Gasteiger partial charge >= 0.3 is 5.97 Å². The van der Waals surface area contributed by atoms with Gasteiger partial charge in [0.15, 0.2) is 0 Å². The lowest BCUT2D eigenvalue weighted by atomic mass is 10.4. The van der Waals surface area contributed by atoms with Crippen molar-refractivity contribution >= 4 is 5.97 Å². The summed E-state index contributed by atoms with van der Waals surface area (Å²) in [4.78, 5) is 14.8. The minimum Gasteiger partial charge on any atom is -0.463 e. The van der Waals surface area contributed by atoms with Crippen LogP contribution < -0.4 is 0 Å². The van der Waals surface area contributed by atoms with Crippen molar-refractivity contribution in [2.75, 3.05) is 7.11 Å². The number of ether oxygens (including phenoxy) is 1. The van der Waals surface area contributed by atoms with Crippen molar-refractivity contribution in [3.05, 3.63) is 12.2 Å². The Morgan fingerprint density at radius 2 is 2.33 bits per heavy atom. The molecule has 0 saturated carbocycles. The molecule has 1 heterocycles. The lowest BCUT2D eigenvalue weighted by molar-refractivity contribution is 0.0577. The molecule has 5 nitrogen and oxygen atoms in total. The fourth-order valence-electron chi connectivity index (χ4n) is 0.865. The third-order valence-corrected chi connectivity index (χ3v) is 1.43. The van der Waals surface area contributed by atoms with Gasteiger partial charge in [-0.05, 0) is 13.8 Å². The maximum absolute atomic E-state index is 11.1. The van der Waals surface area contributed by atoms with Crippen LogP contribution in [0.1, 0.15) is 30.5 Å². The van der Waals surface area contributed by atoms with Gasteiger partial charge in [0, 0.05) is 6.04 Å². The second kappa shape index (κ2) is 3.34. The number of methoxy groups -OCH3 is 1. The van der Waals surface area contributed by atoms with Crippen LogP contribution in [0.3, 0.4) is 0 Å². The molecular formula is C7H11N3O2. The van der Waals surface area contributed by atoms with E-state index in [0.29, 0.717) is 0 Å². The van der Waals surface area contributed by atoms with Crippen LogP contribution in [0.15, 0.2) is 6.33 Å². The van der Waals surface area contributed by atoms with E-state index in [9.17, 15) is 4.79 Å². The van der Waals surface area contributed by atoms with Crippen LogP contribution in [0.25, 0.3) is 0 Å². The molecular weight excluding hydrogens is 158 g/mol. The maximum atomic E-state index is 11.1. The molecule has 0 fully saturated rings. The number of carbonyl (C=O) groups is 1. The molecule has 0 aliphatic carbocycles. The maximum Gasteiger partial charge on any atom is 0.375 e. The van der Waals surface area contributed by atoms with Crippen molar-refractivity contribution in [3.8, 4) is 0 Å². The molecule has 0 unspecified atom stereocenters. The second-order valence-corrected chi connectivity index (χ2v) is 2.61. The molecule has 0 aliphatic heterocycles.